The van der Waals surface area contributed by atoms with E-state index in [0.29, 0.717) is 38.0 Å². The molecule has 14 atom stereocenters. The number of halogens is 1. The van der Waals surface area contributed by atoms with Gasteiger partial charge in [0.2, 0.25) is 5.91 Å². The highest BCUT2D eigenvalue weighted by Gasteiger charge is 2.84. The van der Waals surface area contributed by atoms with Crippen molar-refractivity contribution in [2.45, 2.75) is 149 Å². The third-order valence-electron chi connectivity index (χ3n) is 16.8. The maximum atomic E-state index is 13.4. The van der Waals surface area contributed by atoms with E-state index in [4.69, 9.17) is 14.2 Å². The number of benzene rings is 1. The van der Waals surface area contributed by atoms with Gasteiger partial charge in [-0.25, -0.2) is 4.39 Å². The van der Waals surface area contributed by atoms with Crippen molar-refractivity contribution in [3.05, 3.63) is 35.6 Å². The molecule has 5 unspecified atom stereocenters. The Morgan fingerprint density at radius 2 is 1.75 bits per heavy atom. The molecule has 5 aliphatic carbocycles. The van der Waals surface area contributed by atoms with E-state index in [0.717, 1.165) is 37.7 Å². The van der Waals surface area contributed by atoms with Gasteiger partial charge in [-0.15, -0.1) is 0 Å². The number of carbonyl (C=O) groups excluding carboxylic acids is 1. The second-order valence-electron chi connectivity index (χ2n) is 19.7. The van der Waals surface area contributed by atoms with Gasteiger partial charge in [0.25, 0.3) is 0 Å². The number of fused-ring (bicyclic) bond motifs is 4. The van der Waals surface area contributed by atoms with Crippen LogP contribution in [0.4, 0.5) is 4.39 Å². The third kappa shape index (κ3) is 5.13. The van der Waals surface area contributed by atoms with Crippen molar-refractivity contribution in [1.29, 1.82) is 0 Å². The molecule has 7 fully saturated rings. The average Bonchev–Trinajstić information content (AvgIpc) is 3.71. The predicted molar refractivity (Wildman–Crippen MR) is 190 cm³/mol. The van der Waals surface area contributed by atoms with E-state index in [1.165, 1.54) is 25.0 Å². The summed E-state index contributed by atoms with van der Waals surface area (Å²) in [4.78, 5) is 15.0. The SMILES string of the molecule is C[C@@H]1CC([C@H](O)C(C)(C)O)OC2C1[C@@]1(C)CCC34C[C@@]35CC[C@H](OC3CN(C(=O)Cc6ccc(F)cc6)CCO3)C(C)(C)[C@@H]5CC[C@H]4[C@]1(C)[C@H]2O. The molecule has 7 aliphatic rings. The molecule has 2 heterocycles. The molecule has 1 amide bonds. The van der Waals surface area contributed by atoms with Crippen molar-refractivity contribution in [3.8, 4) is 0 Å². The summed E-state index contributed by atoms with van der Waals surface area (Å²) in [5, 5.41) is 34.2. The Bertz CT molecular complexity index is 1510. The molecule has 0 aromatic heterocycles. The molecule has 2 spiro atoms. The van der Waals surface area contributed by atoms with Crippen LogP contribution in [0.2, 0.25) is 0 Å². The van der Waals surface area contributed by atoms with Crippen LogP contribution in [0.5, 0.6) is 0 Å². The van der Waals surface area contributed by atoms with E-state index in [2.05, 4.69) is 34.6 Å². The van der Waals surface area contributed by atoms with E-state index in [9.17, 15) is 24.5 Å². The van der Waals surface area contributed by atoms with Crippen molar-refractivity contribution in [2.75, 3.05) is 19.7 Å². The highest BCUT2D eigenvalue weighted by Crippen LogP contribution is 2.89. The predicted octanol–water partition coefficient (Wildman–Crippen LogP) is 5.88. The number of amides is 1. The third-order valence-corrected chi connectivity index (χ3v) is 16.8. The summed E-state index contributed by atoms with van der Waals surface area (Å²) in [5.74, 6) is 1.11. The molecular weight excluding hydrogens is 649 g/mol. The molecule has 2 aliphatic heterocycles. The minimum absolute atomic E-state index is 0.00840. The van der Waals surface area contributed by atoms with Gasteiger partial charge in [0, 0.05) is 12.0 Å². The van der Waals surface area contributed by atoms with Crippen LogP contribution in [0.15, 0.2) is 24.3 Å². The lowest BCUT2D eigenvalue weighted by molar-refractivity contribution is -0.248. The van der Waals surface area contributed by atoms with Crippen LogP contribution in [0.3, 0.4) is 0 Å². The molecule has 51 heavy (non-hydrogen) atoms. The summed E-state index contributed by atoms with van der Waals surface area (Å²) in [6.45, 7) is 16.5. The number of carbonyl (C=O) groups is 1. The molecule has 2 saturated heterocycles. The molecule has 8 rings (SSSR count). The van der Waals surface area contributed by atoms with E-state index < -0.39 is 30.2 Å². The fourth-order valence-corrected chi connectivity index (χ4v) is 14.2. The summed E-state index contributed by atoms with van der Waals surface area (Å²) >= 11 is 0. The van der Waals surface area contributed by atoms with Crippen LogP contribution in [0.1, 0.15) is 105 Å². The second-order valence-corrected chi connectivity index (χ2v) is 19.7. The standard InChI is InChI=1S/C42H62FNO7/c1-24-20-27(35(46)38(4,5)48)50-34-33(24)39(6)16-17-42-23-41(42)15-14-30(37(2,3)28(41)12-13-29(42)40(39,7)36(34)47)51-32-22-44(18-19-49-32)31(45)21-25-8-10-26(43)11-9-25/h8-11,24,27-30,32-36,46-48H,12-23H2,1-7H3/t24-,27?,28+,29+,30+,32?,33?,34?,35+,36+,39-,40-,41-,42?/m1/s1. The molecule has 284 valence electrons. The Morgan fingerprint density at radius 3 is 2.45 bits per heavy atom. The van der Waals surface area contributed by atoms with Gasteiger partial charge in [-0.3, -0.25) is 4.79 Å². The molecule has 0 radical (unpaired) electrons. The first kappa shape index (κ1) is 36.4. The van der Waals surface area contributed by atoms with Crippen molar-refractivity contribution in [1.82, 2.24) is 4.90 Å². The van der Waals surface area contributed by atoms with Crippen molar-refractivity contribution < 1.29 is 38.7 Å². The normalized spacial score (nSPS) is 47.7. The molecule has 1 aromatic carbocycles. The zero-order valence-electron chi connectivity index (χ0n) is 31.9. The van der Waals surface area contributed by atoms with Crippen LogP contribution in [-0.4, -0.2) is 88.2 Å². The van der Waals surface area contributed by atoms with Gasteiger partial charge in [0.05, 0.1) is 49.6 Å². The molecule has 8 nitrogen and oxygen atoms in total. The summed E-state index contributed by atoms with van der Waals surface area (Å²) in [5.41, 5.74) is -0.454. The van der Waals surface area contributed by atoms with Crippen LogP contribution in [0.25, 0.3) is 0 Å². The van der Waals surface area contributed by atoms with E-state index in [1.54, 1.807) is 26.0 Å². The minimum atomic E-state index is -1.27. The zero-order chi connectivity index (χ0) is 36.5. The molecule has 3 N–H and O–H groups in total. The highest BCUT2D eigenvalue weighted by atomic mass is 19.1. The van der Waals surface area contributed by atoms with Crippen molar-refractivity contribution in [2.24, 2.45) is 50.7 Å². The average molecular weight is 712 g/mol. The fourth-order valence-electron chi connectivity index (χ4n) is 14.2. The van der Waals surface area contributed by atoms with E-state index >= 15 is 0 Å². The van der Waals surface area contributed by atoms with Gasteiger partial charge < -0.3 is 34.4 Å². The molecular formula is C42H62FNO7. The van der Waals surface area contributed by atoms with Gasteiger partial charge >= 0.3 is 0 Å². The van der Waals surface area contributed by atoms with Crippen molar-refractivity contribution in [3.63, 3.8) is 0 Å². The van der Waals surface area contributed by atoms with Gasteiger partial charge in [0.1, 0.15) is 11.9 Å². The van der Waals surface area contributed by atoms with Crippen molar-refractivity contribution >= 4 is 5.91 Å². The Labute approximate surface area is 303 Å². The Kier molecular flexibility index (Phi) is 8.51. The zero-order valence-corrected chi connectivity index (χ0v) is 31.9. The summed E-state index contributed by atoms with van der Waals surface area (Å²) in [6, 6.07) is 6.13. The van der Waals surface area contributed by atoms with E-state index in [1.807, 2.05) is 4.90 Å². The molecule has 1 aromatic rings. The smallest absolute Gasteiger partial charge is 0.227 e. The molecule has 5 saturated carbocycles. The first-order chi connectivity index (χ1) is 23.9. The maximum Gasteiger partial charge on any atom is 0.227 e. The number of hydrogen-bond donors (Lipinski definition) is 3. The van der Waals surface area contributed by atoms with Crippen LogP contribution < -0.4 is 0 Å². The number of morpholine rings is 1. The summed E-state index contributed by atoms with van der Waals surface area (Å²) < 4.78 is 33.0. The Hall–Kier alpha value is -1.62. The fraction of sp³-hybridized carbons (Fsp3) is 0.833. The lowest BCUT2D eigenvalue weighted by Gasteiger charge is -2.64. The first-order valence-corrected chi connectivity index (χ1v) is 19.9. The van der Waals surface area contributed by atoms with Gasteiger partial charge in [-0.2, -0.15) is 0 Å². The van der Waals surface area contributed by atoms with E-state index in [-0.39, 0.29) is 69.3 Å². The molecule has 0 bridgehead atoms. The number of hydrogen-bond acceptors (Lipinski definition) is 7. The highest BCUT2D eigenvalue weighted by molar-refractivity contribution is 5.78. The Morgan fingerprint density at radius 1 is 1.06 bits per heavy atom. The largest absolute Gasteiger partial charge is 0.390 e. The summed E-state index contributed by atoms with van der Waals surface area (Å²) in [6.07, 6.45) is 5.78. The molecule has 9 heteroatoms. The monoisotopic (exact) mass is 711 g/mol. The summed E-state index contributed by atoms with van der Waals surface area (Å²) in [7, 11) is 0. The van der Waals surface area contributed by atoms with Crippen LogP contribution in [0, 0.1) is 56.6 Å². The minimum Gasteiger partial charge on any atom is -0.390 e. The van der Waals surface area contributed by atoms with Gasteiger partial charge in [-0.05, 0) is 128 Å². The number of aliphatic hydroxyl groups excluding tert-OH is 2. The number of aliphatic hydroxyl groups is 3. The quantitative estimate of drug-likeness (QED) is 0.338. The first-order valence-electron chi connectivity index (χ1n) is 19.9. The number of nitrogens with zero attached hydrogens (tertiary/aromatic N) is 1. The van der Waals surface area contributed by atoms with Gasteiger partial charge in [0.15, 0.2) is 6.29 Å². The lowest BCUT2D eigenvalue weighted by Crippen LogP contribution is -2.60. The lowest BCUT2D eigenvalue weighted by atomic mass is 9.41. The topological polar surface area (TPSA) is 109 Å². The second kappa shape index (κ2) is 11.9. The Balaban J connectivity index is 0.976. The maximum absolute atomic E-state index is 13.4. The number of rotatable bonds is 6. The number of ether oxygens (including phenoxy) is 3. The van der Waals surface area contributed by atoms with Crippen LogP contribution >= 0.6 is 0 Å². The van der Waals surface area contributed by atoms with Gasteiger partial charge in [-0.1, -0.05) is 46.8 Å². The van der Waals surface area contributed by atoms with Crippen LogP contribution in [-0.2, 0) is 25.4 Å².